The van der Waals surface area contributed by atoms with E-state index in [1.54, 1.807) is 11.8 Å². The molecule has 2 nitrogen and oxygen atoms in total. The number of benzene rings is 6. The normalized spacial score (nSPS) is 12.0. The van der Waals surface area contributed by atoms with E-state index in [1.165, 1.54) is 24.5 Å². The molecule has 0 unspecified atom stereocenters. The van der Waals surface area contributed by atoms with Crippen molar-refractivity contribution in [1.82, 2.24) is 0 Å². The van der Waals surface area contributed by atoms with Crippen molar-refractivity contribution in [1.29, 1.82) is 0 Å². The lowest BCUT2D eigenvalue weighted by Crippen LogP contribution is -2.01. The molecule has 6 rings (SSSR count). The van der Waals surface area contributed by atoms with Gasteiger partial charge in [0.25, 0.3) is 0 Å². The molecule has 0 heterocycles. The highest BCUT2D eigenvalue weighted by Crippen LogP contribution is 2.65. The monoisotopic (exact) mass is 574 g/mol. The Hall–Kier alpha value is -3.86. The second-order valence-corrected chi connectivity index (χ2v) is 14.3. The molecule has 0 atom stereocenters. The van der Waals surface area contributed by atoms with E-state index in [1.807, 2.05) is 13.8 Å². The zero-order valence-electron chi connectivity index (χ0n) is 23.7. The third kappa shape index (κ3) is 5.18. The van der Waals surface area contributed by atoms with E-state index in [4.69, 9.17) is 9.47 Å². The van der Waals surface area contributed by atoms with Crippen LogP contribution in [0.5, 0.6) is 11.5 Å². The minimum Gasteiger partial charge on any atom is -0.493 e. The SMILES string of the molecule is CCOc1c2ccccc2c(OCC)c2cc(Sc3ccc(S(C)(c4ccccc4)c4ccccc4)cc3)ccc12. The molecule has 0 fully saturated rings. The first kappa shape index (κ1) is 27.3. The lowest BCUT2D eigenvalue weighted by Gasteiger charge is -2.37. The average molecular weight is 575 g/mol. The zero-order chi connectivity index (χ0) is 28.2. The Labute approximate surface area is 248 Å². The summed E-state index contributed by atoms with van der Waals surface area (Å²) in [6.45, 7) is 5.30. The molecule has 0 aliphatic rings. The van der Waals surface area contributed by atoms with Crippen LogP contribution in [0.1, 0.15) is 13.8 Å². The van der Waals surface area contributed by atoms with Gasteiger partial charge in [-0.25, -0.2) is 0 Å². The van der Waals surface area contributed by atoms with Crippen LogP contribution in [0, 0.1) is 0 Å². The topological polar surface area (TPSA) is 18.5 Å². The van der Waals surface area contributed by atoms with Crippen molar-refractivity contribution < 1.29 is 9.47 Å². The van der Waals surface area contributed by atoms with E-state index in [0.717, 1.165) is 33.0 Å². The molecule has 206 valence electrons. The van der Waals surface area contributed by atoms with Crippen molar-refractivity contribution in [2.45, 2.75) is 38.3 Å². The summed E-state index contributed by atoms with van der Waals surface area (Å²) in [6, 6.07) is 45.9. The second kappa shape index (κ2) is 11.9. The van der Waals surface area contributed by atoms with Gasteiger partial charge in [0.05, 0.1) is 13.2 Å². The molecule has 0 saturated heterocycles. The van der Waals surface area contributed by atoms with Gasteiger partial charge in [-0.1, -0.05) is 72.4 Å². The number of fused-ring (bicyclic) bond motifs is 2. The van der Waals surface area contributed by atoms with E-state index in [2.05, 4.69) is 134 Å². The molecule has 0 bridgehead atoms. The average Bonchev–Trinajstić information content (AvgIpc) is 3.03. The maximum atomic E-state index is 6.25. The predicted molar refractivity (Wildman–Crippen MR) is 176 cm³/mol. The van der Waals surface area contributed by atoms with Crippen LogP contribution in [0.4, 0.5) is 0 Å². The highest BCUT2D eigenvalue weighted by atomic mass is 32.3. The fourth-order valence-corrected chi connectivity index (χ4v) is 9.21. The van der Waals surface area contributed by atoms with Crippen LogP contribution in [0.2, 0.25) is 0 Å². The number of ether oxygens (including phenoxy) is 2. The van der Waals surface area contributed by atoms with Crippen LogP contribution < -0.4 is 9.47 Å². The molecule has 0 saturated carbocycles. The first-order chi connectivity index (χ1) is 20.1. The van der Waals surface area contributed by atoms with Gasteiger partial charge in [-0.3, -0.25) is 0 Å². The van der Waals surface area contributed by atoms with Crippen molar-refractivity contribution in [3.8, 4) is 11.5 Å². The summed E-state index contributed by atoms with van der Waals surface area (Å²) in [5.41, 5.74) is 0. The van der Waals surface area contributed by atoms with Gasteiger partial charge in [-0.15, -0.1) is 0 Å². The van der Waals surface area contributed by atoms with Crippen LogP contribution >= 0.6 is 21.8 Å². The molecule has 0 aliphatic carbocycles. The van der Waals surface area contributed by atoms with Gasteiger partial charge in [-0.2, -0.15) is 10.0 Å². The molecule has 0 radical (unpaired) electrons. The second-order valence-electron chi connectivity index (χ2n) is 9.90. The summed E-state index contributed by atoms with van der Waals surface area (Å²) in [7, 11) is -1.38. The minimum absolute atomic E-state index is 0.607. The standard InChI is InChI=1S/C37H34O2S2/c1-4-38-36-32-18-12-13-19-33(32)37(39-5-2)35-26-28(22-25-34(35)36)40-27-20-23-31(24-21-27)41(3,29-14-8-6-9-15-29)30-16-10-7-11-17-30/h6-26H,4-5H2,1-3H3. The van der Waals surface area contributed by atoms with E-state index in [9.17, 15) is 0 Å². The summed E-state index contributed by atoms with van der Waals surface area (Å²) in [5, 5.41) is 4.34. The largest absolute Gasteiger partial charge is 0.493 e. The zero-order valence-corrected chi connectivity index (χ0v) is 25.3. The Balaban J connectivity index is 1.39. The molecule has 6 aromatic carbocycles. The Morgan fingerprint density at radius 2 is 0.927 bits per heavy atom. The van der Waals surface area contributed by atoms with Gasteiger partial charge in [0.2, 0.25) is 0 Å². The highest BCUT2D eigenvalue weighted by molar-refractivity contribution is 8.33. The van der Waals surface area contributed by atoms with E-state index >= 15 is 0 Å². The lowest BCUT2D eigenvalue weighted by atomic mass is 10.0. The van der Waals surface area contributed by atoms with Gasteiger partial charge < -0.3 is 9.47 Å². The van der Waals surface area contributed by atoms with Gasteiger partial charge in [0, 0.05) is 31.3 Å². The van der Waals surface area contributed by atoms with Crippen molar-refractivity contribution in [2.24, 2.45) is 0 Å². The number of hydrogen-bond acceptors (Lipinski definition) is 3. The Kier molecular flexibility index (Phi) is 7.95. The molecule has 0 aromatic heterocycles. The predicted octanol–water partition coefficient (Wildman–Crippen LogP) is 10.9. The summed E-state index contributed by atoms with van der Waals surface area (Å²) in [5.74, 6) is 1.84. The third-order valence-corrected chi connectivity index (χ3v) is 12.1. The molecule has 0 amide bonds. The summed E-state index contributed by atoms with van der Waals surface area (Å²) in [6.07, 6.45) is 2.40. The minimum atomic E-state index is -1.38. The van der Waals surface area contributed by atoms with Crippen molar-refractivity contribution in [3.05, 3.63) is 127 Å². The Morgan fingerprint density at radius 1 is 0.488 bits per heavy atom. The highest BCUT2D eigenvalue weighted by Gasteiger charge is 2.25. The lowest BCUT2D eigenvalue weighted by molar-refractivity contribution is 0.342. The van der Waals surface area contributed by atoms with Gasteiger partial charge in [0.15, 0.2) is 0 Å². The molecular formula is C37H34O2S2. The maximum Gasteiger partial charge on any atom is 0.135 e. The maximum absolute atomic E-state index is 6.25. The molecule has 0 N–H and O–H groups in total. The number of hydrogen-bond donors (Lipinski definition) is 0. The fourth-order valence-electron chi connectivity index (χ4n) is 5.45. The van der Waals surface area contributed by atoms with Crippen LogP contribution in [-0.4, -0.2) is 19.5 Å². The Bertz CT molecular complexity index is 1740. The van der Waals surface area contributed by atoms with Gasteiger partial charge in [-0.05, 0) is 102 Å². The van der Waals surface area contributed by atoms with Crippen LogP contribution in [0.25, 0.3) is 21.5 Å². The van der Waals surface area contributed by atoms with E-state index < -0.39 is 10.0 Å². The molecule has 6 aromatic rings. The Morgan fingerprint density at radius 3 is 1.46 bits per heavy atom. The summed E-state index contributed by atoms with van der Waals surface area (Å²) >= 11 is 1.78. The molecule has 0 spiro atoms. The fraction of sp³-hybridized carbons (Fsp3) is 0.135. The first-order valence-electron chi connectivity index (χ1n) is 14.0. The van der Waals surface area contributed by atoms with E-state index in [-0.39, 0.29) is 0 Å². The quantitative estimate of drug-likeness (QED) is 0.160. The van der Waals surface area contributed by atoms with Crippen LogP contribution in [-0.2, 0) is 0 Å². The first-order valence-corrected chi connectivity index (χ1v) is 16.9. The van der Waals surface area contributed by atoms with Crippen molar-refractivity contribution in [3.63, 3.8) is 0 Å². The van der Waals surface area contributed by atoms with Crippen LogP contribution in [0.3, 0.4) is 0 Å². The third-order valence-electron chi connectivity index (χ3n) is 7.43. The van der Waals surface area contributed by atoms with Crippen LogP contribution in [0.15, 0.2) is 152 Å². The van der Waals surface area contributed by atoms with Crippen molar-refractivity contribution in [2.75, 3.05) is 19.5 Å². The van der Waals surface area contributed by atoms with Gasteiger partial charge >= 0.3 is 0 Å². The molecular weight excluding hydrogens is 541 g/mol. The van der Waals surface area contributed by atoms with E-state index in [0.29, 0.717) is 13.2 Å². The summed E-state index contributed by atoms with van der Waals surface area (Å²) in [4.78, 5) is 6.46. The number of rotatable bonds is 9. The molecule has 41 heavy (non-hydrogen) atoms. The smallest absolute Gasteiger partial charge is 0.135 e. The van der Waals surface area contributed by atoms with Gasteiger partial charge in [0.1, 0.15) is 11.5 Å². The molecule has 4 heteroatoms. The molecule has 0 aliphatic heterocycles. The van der Waals surface area contributed by atoms with Crippen molar-refractivity contribution >= 4 is 43.3 Å². The summed E-state index contributed by atoms with van der Waals surface area (Å²) < 4.78 is 12.4.